The highest BCUT2D eigenvalue weighted by atomic mass is 16.5. The number of methoxy groups -OCH3 is 1. The second-order valence-electron chi connectivity index (χ2n) is 8.74. The van der Waals surface area contributed by atoms with Crippen molar-refractivity contribution >= 4 is 11.7 Å². The van der Waals surface area contributed by atoms with Crippen molar-refractivity contribution < 1.29 is 9.53 Å². The topological polar surface area (TPSA) is 41.6 Å². The van der Waals surface area contributed by atoms with Gasteiger partial charge in [0, 0.05) is 24.8 Å². The monoisotopic (exact) mass is 380 g/mol. The van der Waals surface area contributed by atoms with Crippen LogP contribution in [0.3, 0.4) is 0 Å². The highest BCUT2D eigenvalue weighted by molar-refractivity contribution is 5.89. The third-order valence-electron chi connectivity index (χ3n) is 5.57. The Morgan fingerprint density at radius 1 is 1.11 bits per heavy atom. The minimum absolute atomic E-state index is 0.0266. The van der Waals surface area contributed by atoms with Crippen LogP contribution in [-0.4, -0.2) is 31.1 Å². The van der Waals surface area contributed by atoms with E-state index in [-0.39, 0.29) is 11.4 Å². The fourth-order valence-corrected chi connectivity index (χ4v) is 3.72. The van der Waals surface area contributed by atoms with E-state index in [9.17, 15) is 4.79 Å². The molecule has 28 heavy (non-hydrogen) atoms. The summed E-state index contributed by atoms with van der Waals surface area (Å²) in [7, 11) is 1.63. The molecule has 0 aromatic heterocycles. The van der Waals surface area contributed by atoms with Gasteiger partial charge in [0.15, 0.2) is 0 Å². The normalized spacial score (nSPS) is 15.4. The Bertz CT molecular complexity index is 785. The highest BCUT2D eigenvalue weighted by Crippen LogP contribution is 2.26. The maximum Gasteiger partial charge on any atom is 0.321 e. The van der Waals surface area contributed by atoms with Crippen molar-refractivity contribution in [2.75, 3.05) is 25.5 Å². The van der Waals surface area contributed by atoms with Crippen molar-refractivity contribution in [2.45, 2.75) is 45.4 Å². The summed E-state index contributed by atoms with van der Waals surface area (Å²) in [5.74, 6) is 1.38. The number of rotatable bonds is 4. The average molecular weight is 381 g/mol. The Balaban J connectivity index is 1.49. The summed E-state index contributed by atoms with van der Waals surface area (Å²) in [5, 5.41) is 2.98. The molecule has 0 spiro atoms. The minimum Gasteiger partial charge on any atom is -0.497 e. The summed E-state index contributed by atoms with van der Waals surface area (Å²) in [6.07, 6.45) is 3.19. The molecule has 1 heterocycles. The second kappa shape index (κ2) is 8.68. The molecule has 0 atom stereocenters. The number of piperidine rings is 1. The number of anilines is 1. The molecule has 1 N–H and O–H groups in total. The summed E-state index contributed by atoms with van der Waals surface area (Å²) >= 11 is 0. The first kappa shape index (κ1) is 20.2. The molecule has 0 saturated carbocycles. The number of hydrogen-bond donors (Lipinski definition) is 1. The Labute approximate surface area is 168 Å². The number of amides is 2. The zero-order valence-electron chi connectivity index (χ0n) is 17.5. The van der Waals surface area contributed by atoms with Gasteiger partial charge < -0.3 is 15.0 Å². The summed E-state index contributed by atoms with van der Waals surface area (Å²) < 4.78 is 5.21. The number of urea groups is 1. The van der Waals surface area contributed by atoms with Gasteiger partial charge in [-0.1, -0.05) is 51.1 Å². The van der Waals surface area contributed by atoms with Crippen molar-refractivity contribution in [1.29, 1.82) is 0 Å². The first-order chi connectivity index (χ1) is 13.3. The predicted molar refractivity (Wildman–Crippen MR) is 115 cm³/mol. The molecule has 3 rings (SSSR count). The molecular formula is C24H32N2O2. The maximum atomic E-state index is 12.5. The Morgan fingerprint density at radius 2 is 1.79 bits per heavy atom. The first-order valence-corrected chi connectivity index (χ1v) is 10.1. The van der Waals surface area contributed by atoms with E-state index in [4.69, 9.17) is 4.74 Å². The van der Waals surface area contributed by atoms with Gasteiger partial charge in [0.1, 0.15) is 5.75 Å². The third-order valence-corrected chi connectivity index (χ3v) is 5.57. The lowest BCUT2D eigenvalue weighted by molar-refractivity contribution is 0.182. The van der Waals surface area contributed by atoms with Gasteiger partial charge >= 0.3 is 6.03 Å². The molecule has 0 radical (unpaired) electrons. The van der Waals surface area contributed by atoms with Gasteiger partial charge in [-0.3, -0.25) is 0 Å². The lowest BCUT2D eigenvalue weighted by Crippen LogP contribution is -2.41. The van der Waals surface area contributed by atoms with Gasteiger partial charge in [0.2, 0.25) is 0 Å². The van der Waals surface area contributed by atoms with Gasteiger partial charge in [-0.05, 0) is 53.9 Å². The second-order valence-corrected chi connectivity index (χ2v) is 8.74. The standard InChI is InChI=1S/C24H32N2O2/c1-24(2,3)20-10-8-18(9-11-20)16-19-12-14-26(15-13-19)23(27)25-21-6-5-7-22(17-21)28-4/h5-11,17,19H,12-16H2,1-4H3,(H,25,27). The van der Waals surface area contributed by atoms with Crippen molar-refractivity contribution in [3.05, 3.63) is 59.7 Å². The van der Waals surface area contributed by atoms with Gasteiger partial charge in [-0.25, -0.2) is 4.79 Å². The number of likely N-dealkylation sites (tertiary alicyclic amines) is 1. The summed E-state index contributed by atoms with van der Waals surface area (Å²) in [5.41, 5.74) is 3.73. The SMILES string of the molecule is COc1cccc(NC(=O)N2CCC(Cc3ccc(C(C)(C)C)cc3)CC2)c1. The van der Waals surface area contributed by atoms with Crippen LogP contribution < -0.4 is 10.1 Å². The van der Waals surface area contributed by atoms with Crippen LogP contribution in [0.5, 0.6) is 5.75 Å². The van der Waals surface area contributed by atoms with Crippen molar-refractivity contribution in [1.82, 2.24) is 4.90 Å². The van der Waals surface area contributed by atoms with Crippen LogP contribution in [0.4, 0.5) is 10.5 Å². The summed E-state index contributed by atoms with van der Waals surface area (Å²) in [6, 6.07) is 16.5. The van der Waals surface area contributed by atoms with Crippen molar-refractivity contribution in [3.63, 3.8) is 0 Å². The quantitative estimate of drug-likeness (QED) is 0.763. The van der Waals surface area contributed by atoms with Crippen LogP contribution in [0.25, 0.3) is 0 Å². The number of ether oxygens (including phenoxy) is 1. The Hall–Kier alpha value is -2.49. The zero-order valence-corrected chi connectivity index (χ0v) is 17.5. The van der Waals surface area contributed by atoms with Gasteiger partial charge in [0.25, 0.3) is 0 Å². The molecule has 0 bridgehead atoms. The van der Waals surface area contributed by atoms with Crippen molar-refractivity contribution in [3.8, 4) is 5.75 Å². The maximum absolute atomic E-state index is 12.5. The molecule has 2 amide bonds. The number of carbonyl (C=O) groups is 1. The zero-order chi connectivity index (χ0) is 20.1. The molecule has 1 saturated heterocycles. The number of nitrogens with zero attached hydrogens (tertiary/aromatic N) is 1. The highest BCUT2D eigenvalue weighted by Gasteiger charge is 2.23. The predicted octanol–water partition coefficient (Wildman–Crippen LogP) is 5.48. The smallest absolute Gasteiger partial charge is 0.321 e. The van der Waals surface area contributed by atoms with E-state index in [1.165, 1.54) is 11.1 Å². The number of nitrogens with one attached hydrogen (secondary N) is 1. The molecule has 0 aliphatic carbocycles. The largest absolute Gasteiger partial charge is 0.497 e. The third kappa shape index (κ3) is 5.28. The van der Waals surface area contributed by atoms with Gasteiger partial charge in [-0.15, -0.1) is 0 Å². The molecule has 0 unspecified atom stereocenters. The molecule has 1 fully saturated rings. The molecular weight excluding hydrogens is 348 g/mol. The van der Waals surface area contributed by atoms with Crippen LogP contribution in [0.15, 0.2) is 48.5 Å². The van der Waals surface area contributed by atoms with Crippen LogP contribution in [-0.2, 0) is 11.8 Å². The Kier molecular flexibility index (Phi) is 6.28. The lowest BCUT2D eigenvalue weighted by Gasteiger charge is -2.32. The van der Waals surface area contributed by atoms with E-state index in [0.717, 1.165) is 43.8 Å². The summed E-state index contributed by atoms with van der Waals surface area (Å²) in [4.78, 5) is 14.5. The molecule has 4 nitrogen and oxygen atoms in total. The van der Waals surface area contributed by atoms with Crippen LogP contribution >= 0.6 is 0 Å². The fourth-order valence-electron chi connectivity index (χ4n) is 3.72. The molecule has 1 aliphatic rings. The molecule has 2 aromatic rings. The van der Waals surface area contributed by atoms with Crippen LogP contribution in [0.1, 0.15) is 44.7 Å². The molecule has 4 heteroatoms. The van der Waals surface area contributed by atoms with E-state index in [2.05, 4.69) is 50.4 Å². The molecule has 1 aliphatic heterocycles. The first-order valence-electron chi connectivity index (χ1n) is 10.1. The fraction of sp³-hybridized carbons (Fsp3) is 0.458. The number of carbonyl (C=O) groups excluding carboxylic acids is 1. The van der Waals surface area contributed by atoms with Crippen molar-refractivity contribution in [2.24, 2.45) is 5.92 Å². The Morgan fingerprint density at radius 3 is 2.39 bits per heavy atom. The summed E-state index contributed by atoms with van der Waals surface area (Å²) in [6.45, 7) is 8.35. The lowest BCUT2D eigenvalue weighted by atomic mass is 9.85. The van der Waals surface area contributed by atoms with E-state index < -0.39 is 0 Å². The average Bonchev–Trinajstić information content (AvgIpc) is 2.68. The van der Waals surface area contributed by atoms with E-state index >= 15 is 0 Å². The van der Waals surface area contributed by atoms with E-state index in [1.54, 1.807) is 7.11 Å². The van der Waals surface area contributed by atoms with E-state index in [1.807, 2.05) is 29.2 Å². The molecule has 150 valence electrons. The number of benzene rings is 2. The minimum atomic E-state index is -0.0266. The van der Waals surface area contributed by atoms with Gasteiger partial charge in [0.05, 0.1) is 7.11 Å². The van der Waals surface area contributed by atoms with Crippen LogP contribution in [0.2, 0.25) is 0 Å². The van der Waals surface area contributed by atoms with Gasteiger partial charge in [-0.2, -0.15) is 0 Å². The molecule has 2 aromatic carbocycles. The number of hydrogen-bond acceptors (Lipinski definition) is 2. The van der Waals surface area contributed by atoms with Crippen LogP contribution in [0, 0.1) is 5.92 Å². The van der Waals surface area contributed by atoms with E-state index in [0.29, 0.717) is 5.92 Å².